The summed E-state index contributed by atoms with van der Waals surface area (Å²) in [5.41, 5.74) is 8.50. The molecule has 172 valence electrons. The minimum atomic E-state index is -0.642. The first-order chi connectivity index (χ1) is 16.1. The molecule has 1 aliphatic heterocycles. The highest BCUT2D eigenvalue weighted by Gasteiger charge is 2.17. The second kappa shape index (κ2) is 11.2. The number of rotatable bonds is 9. The second-order valence-corrected chi connectivity index (χ2v) is 8.75. The van der Waals surface area contributed by atoms with E-state index in [1.807, 2.05) is 54.6 Å². The predicted molar refractivity (Wildman–Crippen MR) is 134 cm³/mol. The van der Waals surface area contributed by atoms with Gasteiger partial charge in [-0.15, -0.1) is 0 Å². The van der Waals surface area contributed by atoms with Crippen molar-refractivity contribution in [2.75, 3.05) is 29.1 Å². The Kier molecular flexibility index (Phi) is 7.87. The second-order valence-electron chi connectivity index (χ2n) is 7.90. The first-order valence-electron chi connectivity index (χ1n) is 10.9. The maximum absolute atomic E-state index is 12.5. The third kappa shape index (κ3) is 6.74. The fourth-order valence-corrected chi connectivity index (χ4v) is 3.90. The molecule has 1 saturated heterocycles. The standard InChI is InChI=1S/C24H27BrN6O2/c25-20-15-28-24(31-22(20)27-14-19-10-5-11-33-19)30-18-9-4-8-17(13-18)29-23(32)21(26)12-16-6-2-1-3-7-16/h1-4,6-9,13,15,19,21H,5,10-12,14,26H2,(H,29,32)(H2,27,28,30,31). The molecule has 0 saturated carbocycles. The van der Waals surface area contributed by atoms with Crippen LogP contribution < -0.4 is 21.7 Å². The monoisotopic (exact) mass is 510 g/mol. The van der Waals surface area contributed by atoms with Crippen LogP contribution in [0.2, 0.25) is 0 Å². The van der Waals surface area contributed by atoms with Crippen LogP contribution in [0, 0.1) is 0 Å². The van der Waals surface area contributed by atoms with Gasteiger partial charge in [0, 0.05) is 30.7 Å². The number of carbonyl (C=O) groups is 1. The summed E-state index contributed by atoms with van der Waals surface area (Å²) in [7, 11) is 0. The van der Waals surface area contributed by atoms with Crippen LogP contribution in [0.25, 0.3) is 0 Å². The summed E-state index contributed by atoms with van der Waals surface area (Å²) in [6, 6.07) is 16.4. The minimum Gasteiger partial charge on any atom is -0.376 e. The van der Waals surface area contributed by atoms with Gasteiger partial charge in [0.25, 0.3) is 0 Å². The van der Waals surface area contributed by atoms with Crippen molar-refractivity contribution in [1.29, 1.82) is 0 Å². The average molecular weight is 511 g/mol. The third-order valence-electron chi connectivity index (χ3n) is 5.29. The molecule has 33 heavy (non-hydrogen) atoms. The lowest BCUT2D eigenvalue weighted by Crippen LogP contribution is -2.37. The maximum Gasteiger partial charge on any atom is 0.241 e. The van der Waals surface area contributed by atoms with Crippen molar-refractivity contribution in [3.05, 3.63) is 70.8 Å². The highest BCUT2D eigenvalue weighted by atomic mass is 79.9. The molecule has 0 bridgehead atoms. The fourth-order valence-electron chi connectivity index (χ4n) is 3.57. The smallest absolute Gasteiger partial charge is 0.241 e. The Labute approximate surface area is 201 Å². The van der Waals surface area contributed by atoms with E-state index in [9.17, 15) is 4.79 Å². The molecule has 2 atom stereocenters. The van der Waals surface area contributed by atoms with Gasteiger partial charge in [-0.25, -0.2) is 4.98 Å². The Morgan fingerprint density at radius 2 is 2.00 bits per heavy atom. The Bertz CT molecular complexity index is 1080. The summed E-state index contributed by atoms with van der Waals surface area (Å²) in [6.07, 6.45) is 4.51. The number of nitrogens with two attached hydrogens (primary N) is 1. The number of benzene rings is 2. The summed E-state index contributed by atoms with van der Waals surface area (Å²) < 4.78 is 6.43. The number of amides is 1. The highest BCUT2D eigenvalue weighted by molar-refractivity contribution is 9.10. The van der Waals surface area contributed by atoms with Crippen molar-refractivity contribution in [2.45, 2.75) is 31.4 Å². The average Bonchev–Trinajstić information content (AvgIpc) is 3.34. The quantitative estimate of drug-likeness (QED) is 0.342. The van der Waals surface area contributed by atoms with E-state index in [4.69, 9.17) is 10.5 Å². The minimum absolute atomic E-state index is 0.205. The molecule has 1 fully saturated rings. The van der Waals surface area contributed by atoms with Gasteiger partial charge in [0.15, 0.2) is 0 Å². The van der Waals surface area contributed by atoms with Gasteiger partial charge in [-0.2, -0.15) is 4.98 Å². The number of hydrogen-bond donors (Lipinski definition) is 4. The van der Waals surface area contributed by atoms with E-state index >= 15 is 0 Å². The largest absolute Gasteiger partial charge is 0.376 e. The van der Waals surface area contributed by atoms with Crippen LogP contribution >= 0.6 is 15.9 Å². The Morgan fingerprint density at radius 3 is 2.79 bits per heavy atom. The molecule has 2 unspecified atom stereocenters. The molecule has 2 aromatic carbocycles. The van der Waals surface area contributed by atoms with Crippen LogP contribution in [0.4, 0.5) is 23.1 Å². The van der Waals surface area contributed by atoms with Crippen molar-refractivity contribution in [3.8, 4) is 0 Å². The first kappa shape index (κ1) is 23.2. The Balaban J connectivity index is 1.36. The molecule has 0 radical (unpaired) electrons. The highest BCUT2D eigenvalue weighted by Crippen LogP contribution is 2.24. The van der Waals surface area contributed by atoms with Gasteiger partial charge < -0.3 is 26.4 Å². The maximum atomic E-state index is 12.5. The van der Waals surface area contributed by atoms with E-state index in [0.717, 1.165) is 35.2 Å². The van der Waals surface area contributed by atoms with Crippen molar-refractivity contribution in [3.63, 3.8) is 0 Å². The summed E-state index contributed by atoms with van der Waals surface area (Å²) in [6.45, 7) is 1.51. The van der Waals surface area contributed by atoms with Crippen molar-refractivity contribution in [2.24, 2.45) is 5.73 Å². The molecule has 1 aliphatic rings. The molecular formula is C24H27BrN6O2. The zero-order chi connectivity index (χ0) is 23.0. The predicted octanol–water partition coefficient (Wildman–Crippen LogP) is 4.08. The van der Waals surface area contributed by atoms with Crippen molar-refractivity contribution in [1.82, 2.24) is 9.97 Å². The van der Waals surface area contributed by atoms with E-state index in [1.165, 1.54) is 0 Å². The molecular weight excluding hydrogens is 484 g/mol. The van der Waals surface area contributed by atoms with E-state index in [0.29, 0.717) is 30.4 Å². The van der Waals surface area contributed by atoms with Crippen LogP contribution in [0.3, 0.4) is 0 Å². The molecule has 5 N–H and O–H groups in total. The van der Waals surface area contributed by atoms with Gasteiger partial charge >= 0.3 is 0 Å². The summed E-state index contributed by atoms with van der Waals surface area (Å²) in [4.78, 5) is 21.4. The lowest BCUT2D eigenvalue weighted by molar-refractivity contribution is -0.117. The number of hydrogen-bond acceptors (Lipinski definition) is 7. The summed E-state index contributed by atoms with van der Waals surface area (Å²) in [5.74, 6) is 0.896. The van der Waals surface area contributed by atoms with Crippen LogP contribution in [0.5, 0.6) is 0 Å². The van der Waals surface area contributed by atoms with Crippen molar-refractivity contribution < 1.29 is 9.53 Å². The summed E-state index contributed by atoms with van der Waals surface area (Å²) in [5, 5.41) is 9.38. The number of carbonyl (C=O) groups excluding carboxylic acids is 1. The zero-order valence-corrected chi connectivity index (χ0v) is 19.7. The van der Waals surface area contributed by atoms with Crippen molar-refractivity contribution >= 4 is 45.0 Å². The number of nitrogens with zero attached hydrogens (tertiary/aromatic N) is 2. The molecule has 3 aromatic rings. The lowest BCUT2D eigenvalue weighted by Gasteiger charge is -2.14. The third-order valence-corrected chi connectivity index (χ3v) is 5.87. The molecule has 1 amide bonds. The molecule has 9 heteroatoms. The molecule has 0 spiro atoms. The lowest BCUT2D eigenvalue weighted by atomic mass is 10.1. The number of halogens is 1. The van der Waals surface area contributed by atoms with Gasteiger partial charge in [0.05, 0.1) is 16.6 Å². The number of ether oxygens (including phenoxy) is 1. The van der Waals surface area contributed by atoms with Gasteiger partial charge in [0.2, 0.25) is 11.9 Å². The number of aromatic nitrogens is 2. The first-order valence-corrected chi connectivity index (χ1v) is 11.7. The van der Waals surface area contributed by atoms with E-state index < -0.39 is 6.04 Å². The number of nitrogens with one attached hydrogen (secondary N) is 3. The van der Waals surface area contributed by atoms with Gasteiger partial charge in [-0.3, -0.25) is 4.79 Å². The van der Waals surface area contributed by atoms with E-state index in [-0.39, 0.29) is 12.0 Å². The molecule has 0 aliphatic carbocycles. The topological polar surface area (TPSA) is 114 Å². The van der Waals surface area contributed by atoms with Crippen LogP contribution in [0.15, 0.2) is 65.3 Å². The zero-order valence-electron chi connectivity index (χ0n) is 18.1. The normalized spacial score (nSPS) is 16.2. The van der Waals surface area contributed by atoms with Gasteiger partial charge in [-0.1, -0.05) is 36.4 Å². The molecule has 4 rings (SSSR count). The van der Waals surface area contributed by atoms with Gasteiger partial charge in [0.1, 0.15) is 5.82 Å². The van der Waals surface area contributed by atoms with Crippen LogP contribution in [-0.4, -0.2) is 41.2 Å². The fraction of sp³-hybridized carbons (Fsp3) is 0.292. The van der Waals surface area contributed by atoms with E-state index in [2.05, 4.69) is 41.8 Å². The van der Waals surface area contributed by atoms with Gasteiger partial charge in [-0.05, 0) is 59.0 Å². The Hall–Kier alpha value is -3.01. The van der Waals surface area contributed by atoms with Crippen LogP contribution in [0.1, 0.15) is 18.4 Å². The number of anilines is 4. The SMILES string of the molecule is NC(Cc1ccccc1)C(=O)Nc1cccc(Nc2ncc(Br)c(NCC3CCCO3)n2)c1. The molecule has 1 aromatic heterocycles. The molecule has 2 heterocycles. The van der Waals surface area contributed by atoms with Crippen LogP contribution in [-0.2, 0) is 16.0 Å². The van der Waals surface area contributed by atoms with E-state index in [1.54, 1.807) is 6.20 Å². The summed E-state index contributed by atoms with van der Waals surface area (Å²) >= 11 is 3.49. The Morgan fingerprint density at radius 1 is 1.18 bits per heavy atom. The molecule has 8 nitrogen and oxygen atoms in total.